The summed E-state index contributed by atoms with van der Waals surface area (Å²) in [6.45, 7) is 0. The second kappa shape index (κ2) is 5.32. The molecule has 1 N–H and O–H groups in total. The fourth-order valence-corrected chi connectivity index (χ4v) is 1.24. The summed E-state index contributed by atoms with van der Waals surface area (Å²) in [5.74, 6) is 0.356. The number of anilines is 1. The fraction of sp³-hybridized carbons (Fsp3) is 0.222. The van der Waals surface area contributed by atoms with Gasteiger partial charge in [-0.05, 0) is 12.1 Å². The van der Waals surface area contributed by atoms with Crippen molar-refractivity contribution < 1.29 is 4.92 Å². The van der Waals surface area contributed by atoms with Crippen LogP contribution < -0.4 is 10.2 Å². The molecule has 1 heterocycles. The largest absolute Gasteiger partial charge is 0.369 e. The minimum atomic E-state index is -0.522. The molecule has 1 rings (SSSR count). The van der Waals surface area contributed by atoms with Crippen LogP contribution in [0, 0.1) is 10.1 Å². The number of rotatable bonds is 4. The quantitative estimate of drug-likeness (QED) is 0.492. The monoisotopic (exact) mass is 242 g/mol. The standard InChI is InChI=1S/C9H11ClN4O2/c1-11-9(6-14(15)16)13(2)7-3-4-8(10)12-5-7/h3-6,11H,1-2H3/b9-6-. The van der Waals surface area contributed by atoms with Gasteiger partial charge in [0, 0.05) is 14.1 Å². The first-order valence-electron chi connectivity index (χ1n) is 4.43. The molecule has 7 heteroatoms. The SMILES string of the molecule is CN/C(=C/[N+](=O)[O-])N(C)c1ccc(Cl)nc1. The molecule has 0 aliphatic carbocycles. The molecule has 0 aromatic carbocycles. The summed E-state index contributed by atoms with van der Waals surface area (Å²) in [6.07, 6.45) is 2.42. The van der Waals surface area contributed by atoms with Gasteiger partial charge in [0.2, 0.25) is 0 Å². The first-order valence-corrected chi connectivity index (χ1v) is 4.80. The molecule has 0 fully saturated rings. The van der Waals surface area contributed by atoms with Gasteiger partial charge in [-0.25, -0.2) is 4.98 Å². The molecular formula is C9H11ClN4O2. The van der Waals surface area contributed by atoms with Gasteiger partial charge < -0.3 is 10.2 Å². The zero-order valence-corrected chi connectivity index (χ0v) is 9.60. The summed E-state index contributed by atoms with van der Waals surface area (Å²) in [4.78, 5) is 15.4. The Hall–Kier alpha value is -1.82. The van der Waals surface area contributed by atoms with E-state index in [-0.39, 0.29) is 0 Å². The van der Waals surface area contributed by atoms with Crippen molar-refractivity contribution in [2.45, 2.75) is 0 Å². The summed E-state index contributed by atoms with van der Waals surface area (Å²) in [5.41, 5.74) is 0.701. The van der Waals surface area contributed by atoms with Crippen LogP contribution in [0.1, 0.15) is 0 Å². The number of nitrogens with zero attached hydrogens (tertiary/aromatic N) is 3. The van der Waals surface area contributed by atoms with Crippen molar-refractivity contribution in [3.63, 3.8) is 0 Å². The van der Waals surface area contributed by atoms with E-state index in [1.807, 2.05) is 0 Å². The van der Waals surface area contributed by atoms with Crippen molar-refractivity contribution in [1.82, 2.24) is 10.3 Å². The highest BCUT2D eigenvalue weighted by atomic mass is 35.5. The van der Waals surface area contributed by atoms with E-state index in [0.717, 1.165) is 6.20 Å². The minimum absolute atomic E-state index is 0.356. The highest BCUT2D eigenvalue weighted by Crippen LogP contribution is 2.16. The number of aromatic nitrogens is 1. The van der Waals surface area contributed by atoms with Crippen LogP contribution in [0.5, 0.6) is 0 Å². The Morgan fingerprint density at radius 2 is 2.38 bits per heavy atom. The number of hydrogen-bond acceptors (Lipinski definition) is 5. The van der Waals surface area contributed by atoms with Crippen LogP contribution in [0.3, 0.4) is 0 Å². The third kappa shape index (κ3) is 3.09. The van der Waals surface area contributed by atoms with Gasteiger partial charge in [0.25, 0.3) is 6.20 Å². The van der Waals surface area contributed by atoms with Gasteiger partial charge in [-0.1, -0.05) is 11.6 Å². The van der Waals surface area contributed by atoms with Gasteiger partial charge in [-0.3, -0.25) is 10.1 Å². The number of halogens is 1. The maximum Gasteiger partial charge on any atom is 0.274 e. The summed E-state index contributed by atoms with van der Waals surface area (Å²) in [5, 5.41) is 13.5. The van der Waals surface area contributed by atoms with Crippen LogP contribution >= 0.6 is 11.6 Å². The number of nitrogens with one attached hydrogen (secondary N) is 1. The predicted molar refractivity (Wildman–Crippen MR) is 61.8 cm³/mol. The van der Waals surface area contributed by atoms with Crippen LogP contribution in [0.2, 0.25) is 5.15 Å². The van der Waals surface area contributed by atoms with Gasteiger partial charge in [0.15, 0.2) is 5.82 Å². The Labute approximate surface area is 97.7 Å². The third-order valence-corrected chi connectivity index (χ3v) is 2.17. The van der Waals surface area contributed by atoms with Crippen molar-refractivity contribution in [1.29, 1.82) is 0 Å². The number of nitro groups is 1. The molecule has 1 aromatic rings. The zero-order valence-electron chi connectivity index (χ0n) is 8.85. The van der Waals surface area contributed by atoms with E-state index in [2.05, 4.69) is 10.3 Å². The molecule has 86 valence electrons. The first-order chi connectivity index (χ1) is 7.54. The number of hydrogen-bond donors (Lipinski definition) is 1. The second-order valence-corrected chi connectivity index (χ2v) is 3.34. The maximum absolute atomic E-state index is 10.4. The van der Waals surface area contributed by atoms with E-state index >= 15 is 0 Å². The maximum atomic E-state index is 10.4. The van der Waals surface area contributed by atoms with Crippen LogP contribution in [0.15, 0.2) is 30.4 Å². The van der Waals surface area contributed by atoms with Gasteiger partial charge in [-0.2, -0.15) is 0 Å². The lowest BCUT2D eigenvalue weighted by Crippen LogP contribution is -2.26. The zero-order chi connectivity index (χ0) is 12.1. The second-order valence-electron chi connectivity index (χ2n) is 2.95. The van der Waals surface area contributed by atoms with Gasteiger partial charge in [0.1, 0.15) is 5.15 Å². The predicted octanol–water partition coefficient (Wildman–Crippen LogP) is 1.47. The Morgan fingerprint density at radius 1 is 1.69 bits per heavy atom. The average Bonchev–Trinajstić information content (AvgIpc) is 2.25. The van der Waals surface area contributed by atoms with Crippen LogP contribution in [0.25, 0.3) is 0 Å². The molecule has 0 aliphatic rings. The van der Waals surface area contributed by atoms with E-state index < -0.39 is 4.92 Å². The normalized spacial score (nSPS) is 11.1. The van der Waals surface area contributed by atoms with E-state index in [9.17, 15) is 10.1 Å². The smallest absolute Gasteiger partial charge is 0.274 e. The molecule has 1 aromatic heterocycles. The van der Waals surface area contributed by atoms with Crippen molar-refractivity contribution in [2.75, 3.05) is 19.0 Å². The molecule has 0 spiro atoms. The molecule has 6 nitrogen and oxygen atoms in total. The van der Waals surface area contributed by atoms with E-state index in [4.69, 9.17) is 11.6 Å². The van der Waals surface area contributed by atoms with E-state index in [0.29, 0.717) is 16.7 Å². The molecule has 0 unspecified atom stereocenters. The molecule has 0 atom stereocenters. The summed E-state index contributed by atoms with van der Waals surface area (Å²) >= 11 is 5.65. The molecule has 0 radical (unpaired) electrons. The molecule has 0 amide bonds. The van der Waals surface area contributed by atoms with Crippen LogP contribution in [-0.4, -0.2) is 24.0 Å². The topological polar surface area (TPSA) is 71.3 Å². The number of pyridine rings is 1. The average molecular weight is 243 g/mol. The Morgan fingerprint density at radius 3 is 2.81 bits per heavy atom. The molecule has 0 saturated heterocycles. The van der Waals surface area contributed by atoms with Crippen LogP contribution in [-0.2, 0) is 0 Å². The summed E-state index contributed by atoms with van der Waals surface area (Å²) in [7, 11) is 3.30. The van der Waals surface area contributed by atoms with E-state index in [1.165, 1.54) is 6.20 Å². The summed E-state index contributed by atoms with van der Waals surface area (Å²) < 4.78 is 0. The lowest BCUT2D eigenvalue weighted by molar-refractivity contribution is -0.403. The van der Waals surface area contributed by atoms with Gasteiger partial charge in [-0.15, -0.1) is 0 Å². The summed E-state index contributed by atoms with van der Waals surface area (Å²) in [6, 6.07) is 3.34. The van der Waals surface area contributed by atoms with Crippen molar-refractivity contribution in [3.05, 3.63) is 45.6 Å². The third-order valence-electron chi connectivity index (χ3n) is 1.94. The van der Waals surface area contributed by atoms with Crippen molar-refractivity contribution >= 4 is 17.3 Å². The first kappa shape index (κ1) is 12.3. The highest BCUT2D eigenvalue weighted by Gasteiger charge is 2.09. The van der Waals surface area contributed by atoms with Gasteiger partial charge in [0.05, 0.1) is 16.8 Å². The van der Waals surface area contributed by atoms with Gasteiger partial charge >= 0.3 is 0 Å². The Bertz CT molecular complexity index is 404. The minimum Gasteiger partial charge on any atom is -0.369 e. The molecule has 0 aliphatic heterocycles. The van der Waals surface area contributed by atoms with Crippen molar-refractivity contribution in [3.8, 4) is 0 Å². The Kier molecular flexibility index (Phi) is 4.07. The van der Waals surface area contributed by atoms with Crippen molar-refractivity contribution in [2.24, 2.45) is 0 Å². The molecular weight excluding hydrogens is 232 g/mol. The lowest BCUT2D eigenvalue weighted by Gasteiger charge is -2.19. The Balaban J connectivity index is 2.95. The fourth-order valence-electron chi connectivity index (χ4n) is 1.12. The molecule has 0 bridgehead atoms. The molecule has 0 saturated carbocycles. The lowest BCUT2D eigenvalue weighted by atomic mass is 10.4. The highest BCUT2D eigenvalue weighted by molar-refractivity contribution is 6.29. The molecule has 16 heavy (non-hydrogen) atoms. The van der Waals surface area contributed by atoms with E-state index in [1.54, 1.807) is 31.1 Å². The van der Waals surface area contributed by atoms with Crippen LogP contribution in [0.4, 0.5) is 5.69 Å².